The molecule has 0 aliphatic heterocycles. The molecule has 0 fully saturated rings. The van der Waals surface area contributed by atoms with Crippen LogP contribution in [0, 0.1) is 0 Å². The highest BCUT2D eigenvalue weighted by Crippen LogP contribution is 2.30. The molecule has 0 atom stereocenters. The van der Waals surface area contributed by atoms with Gasteiger partial charge in [-0.25, -0.2) is 4.79 Å². The third-order valence-corrected chi connectivity index (χ3v) is 3.16. The highest BCUT2D eigenvalue weighted by molar-refractivity contribution is 6.01. The van der Waals surface area contributed by atoms with E-state index in [-0.39, 0.29) is 30.5 Å². The number of alkyl carbamates (subject to hydrolysis) is 1. The molecule has 8 heteroatoms. The second-order valence-electron chi connectivity index (χ2n) is 6.41. The predicted molar refractivity (Wildman–Crippen MR) is 95.1 cm³/mol. The van der Waals surface area contributed by atoms with Crippen LogP contribution < -0.4 is 15.4 Å². The largest absolute Gasteiger partial charge is 0.473 e. The molecule has 0 radical (unpaired) electrons. The molecule has 8 nitrogen and oxygen atoms in total. The van der Waals surface area contributed by atoms with E-state index in [9.17, 15) is 9.59 Å². The summed E-state index contributed by atoms with van der Waals surface area (Å²) >= 11 is 0. The van der Waals surface area contributed by atoms with Crippen LogP contribution in [0.4, 0.5) is 4.79 Å². The minimum absolute atomic E-state index is 0.0641. The molecule has 2 N–H and O–H groups in total. The van der Waals surface area contributed by atoms with Gasteiger partial charge in [0.2, 0.25) is 0 Å². The Morgan fingerprint density at radius 2 is 1.88 bits per heavy atom. The Bertz CT molecular complexity index is 750. The Hall–Kier alpha value is -3.03. The summed E-state index contributed by atoms with van der Waals surface area (Å²) in [5.41, 5.74) is 0.338. The molecule has 0 saturated heterocycles. The van der Waals surface area contributed by atoms with E-state index in [1.807, 2.05) is 18.2 Å². The lowest BCUT2D eigenvalue weighted by Crippen LogP contribution is -2.34. The van der Waals surface area contributed by atoms with Crippen LogP contribution in [0.1, 0.15) is 31.1 Å². The van der Waals surface area contributed by atoms with Crippen LogP contribution in [-0.2, 0) is 4.74 Å². The Kier molecular flexibility index (Phi) is 6.21. The van der Waals surface area contributed by atoms with Gasteiger partial charge >= 0.3 is 6.09 Å². The van der Waals surface area contributed by atoms with Crippen molar-refractivity contribution in [3.63, 3.8) is 0 Å². The number of hydrogen-bond donors (Lipinski definition) is 2. The number of nitrogens with zero attached hydrogens (tertiary/aromatic N) is 1. The van der Waals surface area contributed by atoms with Gasteiger partial charge in [0.05, 0.1) is 6.54 Å². The van der Waals surface area contributed by atoms with Crippen LogP contribution in [-0.4, -0.2) is 43.0 Å². The molecule has 1 aromatic heterocycles. The fraction of sp³-hybridized carbons (Fsp3) is 0.389. The zero-order valence-electron chi connectivity index (χ0n) is 15.3. The molecule has 2 amide bonds. The Morgan fingerprint density at radius 3 is 2.50 bits per heavy atom. The SMILES string of the molecule is CNC(=O)c1c(OCCNC(=O)OC(C)(C)C)noc1-c1ccccc1. The van der Waals surface area contributed by atoms with Crippen LogP contribution >= 0.6 is 0 Å². The minimum Gasteiger partial charge on any atom is -0.473 e. The molecule has 2 aromatic rings. The maximum absolute atomic E-state index is 12.2. The number of carbonyl (C=O) groups is 2. The summed E-state index contributed by atoms with van der Waals surface area (Å²) < 4.78 is 15.9. The molecule has 0 spiro atoms. The van der Waals surface area contributed by atoms with Crippen LogP contribution in [0.5, 0.6) is 5.88 Å². The van der Waals surface area contributed by atoms with E-state index in [0.29, 0.717) is 11.3 Å². The number of nitrogens with one attached hydrogen (secondary N) is 2. The quantitative estimate of drug-likeness (QED) is 0.767. The second-order valence-corrected chi connectivity index (χ2v) is 6.41. The van der Waals surface area contributed by atoms with Gasteiger partial charge < -0.3 is 24.6 Å². The van der Waals surface area contributed by atoms with Crippen molar-refractivity contribution in [2.45, 2.75) is 26.4 Å². The van der Waals surface area contributed by atoms with Crippen molar-refractivity contribution in [3.8, 4) is 17.2 Å². The smallest absolute Gasteiger partial charge is 0.407 e. The van der Waals surface area contributed by atoms with E-state index < -0.39 is 11.7 Å². The van der Waals surface area contributed by atoms with Crippen molar-refractivity contribution in [2.75, 3.05) is 20.2 Å². The van der Waals surface area contributed by atoms with E-state index in [1.165, 1.54) is 7.05 Å². The summed E-state index contributed by atoms with van der Waals surface area (Å²) in [6.07, 6.45) is -0.544. The van der Waals surface area contributed by atoms with Crippen molar-refractivity contribution < 1.29 is 23.6 Å². The first-order valence-electron chi connectivity index (χ1n) is 8.18. The van der Waals surface area contributed by atoms with E-state index >= 15 is 0 Å². The summed E-state index contributed by atoms with van der Waals surface area (Å²) in [5.74, 6) is 0.00875. The number of amides is 2. The first-order valence-corrected chi connectivity index (χ1v) is 8.18. The first kappa shape index (κ1) is 19.3. The van der Waals surface area contributed by atoms with Gasteiger partial charge in [0, 0.05) is 12.6 Å². The lowest BCUT2D eigenvalue weighted by Gasteiger charge is -2.19. The third kappa shape index (κ3) is 5.23. The lowest BCUT2D eigenvalue weighted by atomic mass is 10.1. The molecule has 0 aliphatic rings. The second kappa shape index (κ2) is 8.37. The van der Waals surface area contributed by atoms with Gasteiger partial charge in [-0.1, -0.05) is 30.3 Å². The van der Waals surface area contributed by atoms with Gasteiger partial charge in [-0.05, 0) is 25.9 Å². The van der Waals surface area contributed by atoms with Crippen molar-refractivity contribution in [2.24, 2.45) is 0 Å². The van der Waals surface area contributed by atoms with E-state index in [4.69, 9.17) is 14.0 Å². The molecule has 2 rings (SSSR count). The molecular formula is C18H23N3O5. The van der Waals surface area contributed by atoms with Crippen LogP contribution in [0.2, 0.25) is 0 Å². The summed E-state index contributed by atoms with van der Waals surface area (Å²) in [6.45, 7) is 5.62. The Balaban J connectivity index is 2.02. The van der Waals surface area contributed by atoms with Gasteiger partial charge in [0.1, 0.15) is 12.2 Å². The third-order valence-electron chi connectivity index (χ3n) is 3.16. The highest BCUT2D eigenvalue weighted by Gasteiger charge is 2.24. The zero-order valence-corrected chi connectivity index (χ0v) is 15.3. The van der Waals surface area contributed by atoms with Gasteiger partial charge in [-0.3, -0.25) is 4.79 Å². The number of rotatable bonds is 6. The maximum atomic E-state index is 12.2. The standard InChI is InChI=1S/C18H23N3O5/c1-18(2,3)25-17(23)20-10-11-24-16-13(15(22)19-4)14(26-21-16)12-8-6-5-7-9-12/h5-9H,10-11H2,1-4H3,(H,19,22)(H,20,23). The molecule has 0 bridgehead atoms. The summed E-state index contributed by atoms with van der Waals surface area (Å²) in [4.78, 5) is 23.8. The summed E-state index contributed by atoms with van der Waals surface area (Å²) in [5, 5.41) is 8.94. The average molecular weight is 361 g/mol. The summed E-state index contributed by atoms with van der Waals surface area (Å²) in [7, 11) is 1.51. The molecule has 0 aliphatic carbocycles. The lowest BCUT2D eigenvalue weighted by molar-refractivity contribution is 0.0519. The Labute approximate surface area is 151 Å². The Morgan fingerprint density at radius 1 is 1.19 bits per heavy atom. The molecule has 1 heterocycles. The maximum Gasteiger partial charge on any atom is 0.407 e. The monoisotopic (exact) mass is 361 g/mol. The highest BCUT2D eigenvalue weighted by atomic mass is 16.6. The van der Waals surface area contributed by atoms with Gasteiger partial charge in [0.25, 0.3) is 11.8 Å². The van der Waals surface area contributed by atoms with Crippen molar-refractivity contribution in [1.82, 2.24) is 15.8 Å². The molecule has 0 unspecified atom stereocenters. The zero-order chi connectivity index (χ0) is 19.2. The number of ether oxygens (including phenoxy) is 2. The van der Waals surface area contributed by atoms with E-state index in [1.54, 1.807) is 32.9 Å². The molecule has 0 saturated carbocycles. The number of hydrogen-bond acceptors (Lipinski definition) is 6. The first-order chi connectivity index (χ1) is 12.3. The fourth-order valence-electron chi connectivity index (χ4n) is 2.10. The van der Waals surface area contributed by atoms with Crippen molar-refractivity contribution in [1.29, 1.82) is 0 Å². The van der Waals surface area contributed by atoms with E-state index in [2.05, 4.69) is 15.8 Å². The molecule has 1 aromatic carbocycles. The molecule has 26 heavy (non-hydrogen) atoms. The van der Waals surface area contributed by atoms with Crippen molar-refractivity contribution in [3.05, 3.63) is 35.9 Å². The van der Waals surface area contributed by atoms with Gasteiger partial charge in [0.15, 0.2) is 11.3 Å². The molecule has 140 valence electrons. The summed E-state index contributed by atoms with van der Waals surface area (Å²) in [6, 6.07) is 9.13. The van der Waals surface area contributed by atoms with Crippen LogP contribution in [0.15, 0.2) is 34.9 Å². The number of benzene rings is 1. The predicted octanol–water partition coefficient (Wildman–Crippen LogP) is 2.60. The van der Waals surface area contributed by atoms with Gasteiger partial charge in [-0.2, -0.15) is 0 Å². The van der Waals surface area contributed by atoms with Crippen molar-refractivity contribution >= 4 is 12.0 Å². The number of aromatic nitrogens is 1. The average Bonchev–Trinajstić information content (AvgIpc) is 3.01. The minimum atomic E-state index is -0.575. The fourth-order valence-corrected chi connectivity index (χ4v) is 2.10. The normalized spacial score (nSPS) is 10.9. The molecular weight excluding hydrogens is 338 g/mol. The van der Waals surface area contributed by atoms with E-state index in [0.717, 1.165) is 0 Å². The van der Waals surface area contributed by atoms with Crippen LogP contribution in [0.25, 0.3) is 11.3 Å². The van der Waals surface area contributed by atoms with Gasteiger partial charge in [-0.15, -0.1) is 0 Å². The number of carbonyl (C=O) groups excluding carboxylic acids is 2. The topological polar surface area (TPSA) is 103 Å². The van der Waals surface area contributed by atoms with Crippen LogP contribution in [0.3, 0.4) is 0 Å².